The zero-order valence-corrected chi connectivity index (χ0v) is 15.1. The number of benzene rings is 3. The van der Waals surface area contributed by atoms with E-state index in [1.807, 2.05) is 55.5 Å². The summed E-state index contributed by atoms with van der Waals surface area (Å²) in [6, 6.07) is 22.6. The largest absolute Gasteiger partial charge is 0.451 e. The minimum Gasteiger partial charge on any atom is -0.451 e. The lowest BCUT2D eigenvalue weighted by Crippen LogP contribution is -2.10. The summed E-state index contributed by atoms with van der Waals surface area (Å²) in [6.45, 7) is 2.03. The standard InChI is InChI=1S/C23H16N2O3/c1-14-6-8-15(9-7-14)23-25-18-13-17(10-11-20(18)28-23)24-22(26)21-12-16-4-2-3-5-19(16)27-21/h2-13H,1H3,(H,24,26). The third-order valence-electron chi connectivity index (χ3n) is 4.59. The van der Waals surface area contributed by atoms with Crippen LogP contribution in [0.5, 0.6) is 0 Å². The van der Waals surface area contributed by atoms with E-state index in [1.54, 1.807) is 24.3 Å². The maximum absolute atomic E-state index is 12.5. The van der Waals surface area contributed by atoms with Crippen LogP contribution in [0, 0.1) is 6.92 Å². The summed E-state index contributed by atoms with van der Waals surface area (Å²) in [6.07, 6.45) is 0. The Bertz CT molecular complexity index is 1280. The molecule has 0 unspecified atom stereocenters. The molecule has 0 saturated heterocycles. The van der Waals surface area contributed by atoms with Crippen LogP contribution >= 0.6 is 0 Å². The van der Waals surface area contributed by atoms with Crippen LogP contribution < -0.4 is 5.32 Å². The number of amides is 1. The van der Waals surface area contributed by atoms with Gasteiger partial charge in [0.25, 0.3) is 5.91 Å². The highest BCUT2D eigenvalue weighted by molar-refractivity contribution is 6.05. The van der Waals surface area contributed by atoms with Gasteiger partial charge in [0.2, 0.25) is 5.89 Å². The van der Waals surface area contributed by atoms with Gasteiger partial charge in [0, 0.05) is 16.6 Å². The molecular formula is C23H16N2O3. The van der Waals surface area contributed by atoms with Gasteiger partial charge in [-0.05, 0) is 49.4 Å². The van der Waals surface area contributed by atoms with Crippen LogP contribution in [0.1, 0.15) is 16.1 Å². The average Bonchev–Trinajstić information content (AvgIpc) is 3.32. The molecule has 0 fully saturated rings. The fraction of sp³-hybridized carbons (Fsp3) is 0.0435. The molecular weight excluding hydrogens is 352 g/mol. The first-order chi connectivity index (χ1) is 13.7. The SMILES string of the molecule is Cc1ccc(-c2nc3cc(NC(=O)c4cc5ccccc5o4)ccc3o2)cc1. The number of hydrogen-bond donors (Lipinski definition) is 1. The van der Waals surface area contributed by atoms with E-state index < -0.39 is 0 Å². The van der Waals surface area contributed by atoms with Gasteiger partial charge in [-0.15, -0.1) is 0 Å². The van der Waals surface area contributed by atoms with Crippen molar-refractivity contribution in [3.05, 3.63) is 84.1 Å². The lowest BCUT2D eigenvalue weighted by Gasteiger charge is -2.02. The van der Waals surface area contributed by atoms with Crippen molar-refractivity contribution in [2.24, 2.45) is 0 Å². The molecule has 0 bridgehead atoms. The molecule has 0 radical (unpaired) electrons. The summed E-state index contributed by atoms with van der Waals surface area (Å²) in [4.78, 5) is 17.1. The maximum Gasteiger partial charge on any atom is 0.291 e. The van der Waals surface area contributed by atoms with Crippen molar-refractivity contribution in [2.75, 3.05) is 5.32 Å². The molecule has 0 aliphatic heterocycles. The Kier molecular flexibility index (Phi) is 3.72. The number of nitrogens with zero attached hydrogens (tertiary/aromatic N) is 1. The molecule has 0 aliphatic rings. The summed E-state index contributed by atoms with van der Waals surface area (Å²) < 4.78 is 11.5. The molecule has 0 saturated carbocycles. The number of aryl methyl sites for hydroxylation is 1. The molecule has 2 aromatic heterocycles. The summed E-state index contributed by atoms with van der Waals surface area (Å²) in [5, 5.41) is 3.74. The molecule has 5 aromatic rings. The number of rotatable bonds is 3. The molecule has 0 aliphatic carbocycles. The first-order valence-corrected chi connectivity index (χ1v) is 8.93. The number of hydrogen-bond acceptors (Lipinski definition) is 4. The van der Waals surface area contributed by atoms with E-state index in [2.05, 4.69) is 10.3 Å². The van der Waals surface area contributed by atoms with Gasteiger partial charge >= 0.3 is 0 Å². The summed E-state index contributed by atoms with van der Waals surface area (Å²) in [5.41, 5.74) is 4.74. The van der Waals surface area contributed by atoms with Gasteiger partial charge in [0.1, 0.15) is 11.1 Å². The number of aromatic nitrogens is 1. The smallest absolute Gasteiger partial charge is 0.291 e. The van der Waals surface area contributed by atoms with Gasteiger partial charge in [-0.2, -0.15) is 0 Å². The molecule has 3 aromatic carbocycles. The molecule has 28 heavy (non-hydrogen) atoms. The lowest BCUT2D eigenvalue weighted by atomic mass is 10.1. The van der Waals surface area contributed by atoms with E-state index in [4.69, 9.17) is 8.83 Å². The van der Waals surface area contributed by atoms with E-state index in [0.717, 1.165) is 10.9 Å². The fourth-order valence-electron chi connectivity index (χ4n) is 3.11. The molecule has 0 atom stereocenters. The highest BCUT2D eigenvalue weighted by atomic mass is 16.4. The number of nitrogens with one attached hydrogen (secondary N) is 1. The monoisotopic (exact) mass is 368 g/mol. The highest BCUT2D eigenvalue weighted by Gasteiger charge is 2.14. The lowest BCUT2D eigenvalue weighted by molar-refractivity contribution is 0.0998. The Balaban J connectivity index is 1.42. The third-order valence-corrected chi connectivity index (χ3v) is 4.59. The summed E-state index contributed by atoms with van der Waals surface area (Å²) in [7, 11) is 0. The van der Waals surface area contributed by atoms with Gasteiger partial charge in [0.05, 0.1) is 0 Å². The quantitative estimate of drug-likeness (QED) is 0.437. The minimum atomic E-state index is -0.308. The third kappa shape index (κ3) is 2.93. The fourth-order valence-corrected chi connectivity index (χ4v) is 3.11. The zero-order chi connectivity index (χ0) is 19.1. The number of oxazole rings is 1. The second-order valence-electron chi connectivity index (χ2n) is 6.67. The molecule has 5 rings (SSSR count). The number of para-hydroxylation sites is 1. The molecule has 2 heterocycles. The van der Waals surface area contributed by atoms with Crippen LogP contribution in [0.3, 0.4) is 0 Å². The van der Waals surface area contributed by atoms with Gasteiger partial charge in [-0.25, -0.2) is 4.98 Å². The second kappa shape index (κ2) is 6.39. The van der Waals surface area contributed by atoms with Gasteiger partial charge in [-0.1, -0.05) is 35.9 Å². The minimum absolute atomic E-state index is 0.266. The number of carbonyl (C=O) groups excluding carboxylic acids is 1. The van der Waals surface area contributed by atoms with E-state index in [-0.39, 0.29) is 11.7 Å². The maximum atomic E-state index is 12.5. The van der Waals surface area contributed by atoms with Crippen LogP contribution in [0.4, 0.5) is 5.69 Å². The van der Waals surface area contributed by atoms with Crippen molar-refractivity contribution in [3.63, 3.8) is 0 Å². The number of carbonyl (C=O) groups is 1. The van der Waals surface area contributed by atoms with Gasteiger partial charge in [-0.3, -0.25) is 4.79 Å². The first kappa shape index (κ1) is 16.3. The summed E-state index contributed by atoms with van der Waals surface area (Å²) in [5.74, 6) is 0.510. The van der Waals surface area contributed by atoms with Crippen LogP contribution in [-0.2, 0) is 0 Å². The van der Waals surface area contributed by atoms with E-state index in [9.17, 15) is 4.79 Å². The van der Waals surface area contributed by atoms with Crippen molar-refractivity contribution in [2.45, 2.75) is 6.92 Å². The number of anilines is 1. The number of fused-ring (bicyclic) bond motifs is 2. The Labute approximate surface area is 160 Å². The average molecular weight is 368 g/mol. The second-order valence-corrected chi connectivity index (χ2v) is 6.67. The normalized spacial score (nSPS) is 11.2. The van der Waals surface area contributed by atoms with Crippen molar-refractivity contribution in [1.29, 1.82) is 0 Å². The molecule has 1 N–H and O–H groups in total. The molecule has 5 nitrogen and oxygen atoms in total. The first-order valence-electron chi connectivity index (χ1n) is 8.93. The number of furan rings is 1. The predicted octanol–water partition coefficient (Wildman–Crippen LogP) is 5.80. The van der Waals surface area contributed by atoms with Crippen molar-refractivity contribution in [3.8, 4) is 11.5 Å². The molecule has 1 amide bonds. The molecule has 5 heteroatoms. The van der Waals surface area contributed by atoms with Crippen LogP contribution in [0.15, 0.2) is 81.6 Å². The van der Waals surface area contributed by atoms with Gasteiger partial charge in [0.15, 0.2) is 11.3 Å². The topological polar surface area (TPSA) is 68.3 Å². The Morgan fingerprint density at radius 2 is 1.71 bits per heavy atom. The molecule has 136 valence electrons. The Hall–Kier alpha value is -3.86. The van der Waals surface area contributed by atoms with Crippen molar-refractivity contribution >= 4 is 33.7 Å². The van der Waals surface area contributed by atoms with Crippen LogP contribution in [0.2, 0.25) is 0 Å². The Morgan fingerprint density at radius 1 is 0.893 bits per heavy atom. The summed E-state index contributed by atoms with van der Waals surface area (Å²) >= 11 is 0. The highest BCUT2D eigenvalue weighted by Crippen LogP contribution is 2.27. The van der Waals surface area contributed by atoms with Crippen LogP contribution in [-0.4, -0.2) is 10.9 Å². The van der Waals surface area contributed by atoms with E-state index in [1.165, 1.54) is 5.56 Å². The van der Waals surface area contributed by atoms with Crippen molar-refractivity contribution < 1.29 is 13.6 Å². The van der Waals surface area contributed by atoms with Crippen molar-refractivity contribution in [1.82, 2.24) is 4.98 Å². The zero-order valence-electron chi connectivity index (χ0n) is 15.1. The molecule has 0 spiro atoms. The Morgan fingerprint density at radius 3 is 2.54 bits per heavy atom. The van der Waals surface area contributed by atoms with Gasteiger partial charge < -0.3 is 14.2 Å². The van der Waals surface area contributed by atoms with Crippen LogP contribution in [0.25, 0.3) is 33.5 Å². The van der Waals surface area contributed by atoms with E-state index >= 15 is 0 Å². The van der Waals surface area contributed by atoms with E-state index in [0.29, 0.717) is 28.3 Å². The predicted molar refractivity (Wildman–Crippen MR) is 108 cm³/mol.